The second-order valence-corrected chi connectivity index (χ2v) is 4.42. The molecule has 0 radical (unpaired) electrons. The van der Waals surface area contributed by atoms with Crippen molar-refractivity contribution >= 4 is 12.6 Å². The van der Waals surface area contributed by atoms with E-state index < -0.39 is 0 Å². The van der Waals surface area contributed by atoms with Gasteiger partial charge < -0.3 is 9.47 Å². The molecular formula is C11H22O2S. The third-order valence-electron chi connectivity index (χ3n) is 2.88. The number of hydrogen-bond acceptors (Lipinski definition) is 3. The lowest BCUT2D eigenvalue weighted by Crippen LogP contribution is -2.22. The van der Waals surface area contributed by atoms with E-state index in [9.17, 15) is 0 Å². The molecule has 0 aromatic carbocycles. The van der Waals surface area contributed by atoms with Gasteiger partial charge in [0.2, 0.25) is 0 Å². The molecule has 1 fully saturated rings. The molecule has 0 saturated carbocycles. The fourth-order valence-corrected chi connectivity index (χ4v) is 1.98. The van der Waals surface area contributed by atoms with Crippen molar-refractivity contribution in [1.82, 2.24) is 0 Å². The Morgan fingerprint density at radius 1 is 1.43 bits per heavy atom. The van der Waals surface area contributed by atoms with E-state index >= 15 is 0 Å². The van der Waals surface area contributed by atoms with Gasteiger partial charge in [-0.1, -0.05) is 13.3 Å². The van der Waals surface area contributed by atoms with E-state index in [-0.39, 0.29) is 0 Å². The molecule has 0 bridgehead atoms. The van der Waals surface area contributed by atoms with E-state index in [2.05, 4.69) is 19.6 Å². The lowest BCUT2D eigenvalue weighted by atomic mass is 10.0. The fraction of sp³-hybridized carbons (Fsp3) is 1.00. The Balaban J connectivity index is 2.01. The molecule has 1 aliphatic heterocycles. The minimum atomic E-state index is 0.623. The predicted octanol–water partition coefficient (Wildman–Crippen LogP) is 2.39. The van der Waals surface area contributed by atoms with Gasteiger partial charge in [-0.2, -0.15) is 12.6 Å². The average molecular weight is 218 g/mol. The molecule has 0 N–H and O–H groups in total. The average Bonchev–Trinajstić information content (AvgIpc) is 2.26. The lowest BCUT2D eigenvalue weighted by Gasteiger charge is -2.22. The SMILES string of the molecule is CCC(CS)COCC1CCOCC1. The van der Waals surface area contributed by atoms with Crippen LogP contribution in [0.1, 0.15) is 26.2 Å². The summed E-state index contributed by atoms with van der Waals surface area (Å²) in [6, 6.07) is 0. The monoisotopic (exact) mass is 218 g/mol. The molecule has 0 amide bonds. The molecule has 2 nitrogen and oxygen atoms in total. The summed E-state index contributed by atoms with van der Waals surface area (Å²) in [4.78, 5) is 0. The molecule has 14 heavy (non-hydrogen) atoms. The molecule has 1 atom stereocenters. The van der Waals surface area contributed by atoms with Crippen LogP contribution in [0.5, 0.6) is 0 Å². The highest BCUT2D eigenvalue weighted by Crippen LogP contribution is 2.15. The first-order chi connectivity index (χ1) is 6.86. The zero-order valence-corrected chi connectivity index (χ0v) is 9.97. The van der Waals surface area contributed by atoms with Crippen molar-refractivity contribution in [2.24, 2.45) is 11.8 Å². The maximum Gasteiger partial charge on any atom is 0.0502 e. The van der Waals surface area contributed by atoms with Crippen molar-refractivity contribution < 1.29 is 9.47 Å². The maximum atomic E-state index is 5.71. The summed E-state index contributed by atoms with van der Waals surface area (Å²) in [6.45, 7) is 5.80. The molecule has 0 aromatic rings. The summed E-state index contributed by atoms with van der Waals surface area (Å²) in [5.74, 6) is 2.28. The van der Waals surface area contributed by atoms with Gasteiger partial charge in [-0.3, -0.25) is 0 Å². The van der Waals surface area contributed by atoms with Gasteiger partial charge in [0, 0.05) is 19.8 Å². The molecule has 3 heteroatoms. The normalized spacial score (nSPS) is 21.0. The van der Waals surface area contributed by atoms with Crippen LogP contribution in [0.25, 0.3) is 0 Å². The Kier molecular flexibility index (Phi) is 6.65. The molecule has 0 spiro atoms. The number of rotatable bonds is 6. The summed E-state index contributed by atoms with van der Waals surface area (Å²) < 4.78 is 11.0. The topological polar surface area (TPSA) is 18.5 Å². The summed E-state index contributed by atoms with van der Waals surface area (Å²) >= 11 is 4.30. The van der Waals surface area contributed by atoms with E-state index in [4.69, 9.17) is 9.47 Å². The molecule has 0 aromatic heterocycles. The van der Waals surface area contributed by atoms with Crippen molar-refractivity contribution in [2.45, 2.75) is 26.2 Å². The van der Waals surface area contributed by atoms with E-state index in [1.165, 1.54) is 0 Å². The smallest absolute Gasteiger partial charge is 0.0502 e. The molecule has 0 aliphatic carbocycles. The van der Waals surface area contributed by atoms with E-state index in [0.29, 0.717) is 5.92 Å². The highest BCUT2D eigenvalue weighted by molar-refractivity contribution is 7.80. The van der Waals surface area contributed by atoms with Crippen LogP contribution in [0.3, 0.4) is 0 Å². The van der Waals surface area contributed by atoms with Crippen molar-refractivity contribution in [3.05, 3.63) is 0 Å². The third-order valence-corrected chi connectivity index (χ3v) is 3.40. The quantitative estimate of drug-likeness (QED) is 0.690. The summed E-state index contributed by atoms with van der Waals surface area (Å²) in [6.07, 6.45) is 3.49. The minimum absolute atomic E-state index is 0.623. The zero-order valence-electron chi connectivity index (χ0n) is 9.08. The van der Waals surface area contributed by atoms with Crippen molar-refractivity contribution in [1.29, 1.82) is 0 Å². The largest absolute Gasteiger partial charge is 0.381 e. The Hall–Kier alpha value is 0.270. The van der Waals surface area contributed by atoms with Crippen LogP contribution < -0.4 is 0 Å². The molecule has 1 aliphatic rings. The third kappa shape index (κ3) is 4.67. The first-order valence-electron chi connectivity index (χ1n) is 5.63. The molecule has 1 unspecified atom stereocenters. The Labute approximate surface area is 92.8 Å². The molecule has 1 heterocycles. The fourth-order valence-electron chi connectivity index (χ4n) is 1.61. The van der Waals surface area contributed by atoms with E-state index in [0.717, 1.165) is 57.4 Å². The van der Waals surface area contributed by atoms with Gasteiger partial charge in [0.1, 0.15) is 0 Å². The van der Waals surface area contributed by atoms with Crippen LogP contribution in [0.4, 0.5) is 0 Å². The summed E-state index contributed by atoms with van der Waals surface area (Å²) in [7, 11) is 0. The van der Waals surface area contributed by atoms with Crippen molar-refractivity contribution in [2.75, 3.05) is 32.2 Å². The Morgan fingerprint density at radius 3 is 2.71 bits per heavy atom. The number of thiol groups is 1. The number of ether oxygens (including phenoxy) is 2. The van der Waals surface area contributed by atoms with Gasteiger partial charge in [0.25, 0.3) is 0 Å². The first-order valence-corrected chi connectivity index (χ1v) is 6.26. The van der Waals surface area contributed by atoms with Crippen LogP contribution >= 0.6 is 12.6 Å². The second-order valence-electron chi connectivity index (χ2n) is 4.05. The molecule has 1 saturated heterocycles. The van der Waals surface area contributed by atoms with Gasteiger partial charge in [-0.25, -0.2) is 0 Å². The highest BCUT2D eigenvalue weighted by Gasteiger charge is 2.14. The van der Waals surface area contributed by atoms with Crippen LogP contribution in [0, 0.1) is 11.8 Å². The van der Waals surface area contributed by atoms with Crippen LogP contribution in [-0.2, 0) is 9.47 Å². The predicted molar refractivity (Wildman–Crippen MR) is 62.0 cm³/mol. The van der Waals surface area contributed by atoms with Gasteiger partial charge in [0.15, 0.2) is 0 Å². The molecule has 84 valence electrons. The summed E-state index contributed by atoms with van der Waals surface area (Å²) in [5.41, 5.74) is 0. The second kappa shape index (κ2) is 7.55. The standard InChI is InChI=1S/C11H22O2S/c1-2-10(9-14)7-13-8-11-3-5-12-6-4-11/h10-11,14H,2-9H2,1H3. The van der Waals surface area contributed by atoms with Gasteiger partial charge in [-0.05, 0) is 30.4 Å². The Morgan fingerprint density at radius 2 is 2.14 bits per heavy atom. The highest BCUT2D eigenvalue weighted by atomic mass is 32.1. The number of hydrogen-bond donors (Lipinski definition) is 1. The van der Waals surface area contributed by atoms with Gasteiger partial charge in [-0.15, -0.1) is 0 Å². The molecular weight excluding hydrogens is 196 g/mol. The minimum Gasteiger partial charge on any atom is -0.381 e. The van der Waals surface area contributed by atoms with E-state index in [1.54, 1.807) is 0 Å². The van der Waals surface area contributed by atoms with Gasteiger partial charge in [0.05, 0.1) is 6.61 Å². The van der Waals surface area contributed by atoms with Gasteiger partial charge >= 0.3 is 0 Å². The summed E-state index contributed by atoms with van der Waals surface area (Å²) in [5, 5.41) is 0. The van der Waals surface area contributed by atoms with Crippen molar-refractivity contribution in [3.63, 3.8) is 0 Å². The Bertz CT molecular complexity index is 131. The van der Waals surface area contributed by atoms with Crippen LogP contribution in [-0.4, -0.2) is 32.2 Å². The van der Waals surface area contributed by atoms with E-state index in [1.807, 2.05) is 0 Å². The molecule has 1 rings (SSSR count). The first kappa shape index (κ1) is 12.3. The lowest BCUT2D eigenvalue weighted by molar-refractivity contribution is 0.0130. The van der Waals surface area contributed by atoms with Crippen molar-refractivity contribution in [3.8, 4) is 0 Å². The van der Waals surface area contributed by atoms with Crippen LogP contribution in [0.15, 0.2) is 0 Å². The zero-order chi connectivity index (χ0) is 10.2. The maximum absolute atomic E-state index is 5.71. The van der Waals surface area contributed by atoms with Crippen LogP contribution in [0.2, 0.25) is 0 Å².